The highest BCUT2D eigenvalue weighted by molar-refractivity contribution is 7.87. The molecule has 4 aliphatic rings. The van der Waals surface area contributed by atoms with Gasteiger partial charge in [0.05, 0.1) is 22.4 Å². The van der Waals surface area contributed by atoms with E-state index in [4.69, 9.17) is 15.8 Å². The number of Topliss-reactive ketones (excluding diaryl/α,β-unsaturated/α-hetero) is 1. The van der Waals surface area contributed by atoms with Gasteiger partial charge in [0.25, 0.3) is 17.7 Å². The zero-order valence-electron chi connectivity index (χ0n) is 27.1. The van der Waals surface area contributed by atoms with Crippen molar-refractivity contribution in [2.24, 2.45) is 11.8 Å². The maximum Gasteiger partial charge on any atom is 0.339 e. The highest BCUT2D eigenvalue weighted by Crippen LogP contribution is 2.61. The van der Waals surface area contributed by atoms with E-state index in [-0.39, 0.29) is 26.8 Å². The largest absolute Gasteiger partial charge is 0.379 e. The molecule has 9 rings (SSSR count). The van der Waals surface area contributed by atoms with Gasteiger partial charge in [0.2, 0.25) is 0 Å². The van der Waals surface area contributed by atoms with E-state index in [1.54, 1.807) is 24.3 Å². The van der Waals surface area contributed by atoms with Crippen LogP contribution in [0.15, 0.2) is 126 Å². The third-order valence-corrected chi connectivity index (χ3v) is 11.6. The Morgan fingerprint density at radius 2 is 1.20 bits per heavy atom. The van der Waals surface area contributed by atoms with Gasteiger partial charge in [0, 0.05) is 17.4 Å². The van der Waals surface area contributed by atoms with Crippen molar-refractivity contribution in [1.29, 1.82) is 0 Å². The number of rotatable bonds is 8. The standard InChI is InChI=1S/C40H29ClN2O7S/c1-23-14-20-26(21-15-23)51(48,49)50-25-18-16-24(17-19-25)33(44)22-42(38(45)31-12-6-7-13-32(31)41)43-39(46)36-34-27-8-2-3-9-28(27)35(37(36)40(43)47)30-11-5-4-10-29(30)34/h2-21,34-37H,22H2,1H3/t34?,35?,36-,37-/m1/s1. The minimum Gasteiger partial charge on any atom is -0.379 e. The third-order valence-electron chi connectivity index (χ3n) is 9.99. The maximum absolute atomic E-state index is 14.5. The van der Waals surface area contributed by atoms with Crippen LogP contribution in [0.3, 0.4) is 0 Å². The number of carbonyl (C=O) groups excluding carboxylic acids is 4. The molecule has 0 unspecified atom stereocenters. The van der Waals surface area contributed by atoms with Crippen molar-refractivity contribution in [3.8, 4) is 5.75 Å². The zero-order valence-corrected chi connectivity index (χ0v) is 28.7. The molecule has 2 bridgehead atoms. The number of carbonyl (C=O) groups is 4. The fraction of sp³-hybridized carbons (Fsp3) is 0.150. The summed E-state index contributed by atoms with van der Waals surface area (Å²) in [5.74, 6) is -4.94. The Bertz CT molecular complexity index is 2260. The predicted molar refractivity (Wildman–Crippen MR) is 188 cm³/mol. The normalized spacial score (nSPS) is 20.0. The molecule has 0 saturated carbocycles. The highest BCUT2D eigenvalue weighted by atomic mass is 35.5. The molecule has 254 valence electrons. The first kappa shape index (κ1) is 32.6. The van der Waals surface area contributed by atoms with Crippen LogP contribution in [0.4, 0.5) is 0 Å². The van der Waals surface area contributed by atoms with E-state index < -0.39 is 63.8 Å². The number of hydrogen-bond acceptors (Lipinski definition) is 7. The van der Waals surface area contributed by atoms with Crippen LogP contribution < -0.4 is 4.18 Å². The van der Waals surface area contributed by atoms with Crippen LogP contribution in [-0.2, 0) is 19.7 Å². The molecule has 1 fully saturated rings. The molecule has 0 aromatic heterocycles. The number of nitrogens with zero attached hydrogens (tertiary/aromatic N) is 2. The molecule has 5 aromatic rings. The second kappa shape index (κ2) is 12.3. The molecule has 3 aliphatic carbocycles. The fourth-order valence-electron chi connectivity index (χ4n) is 7.71. The van der Waals surface area contributed by atoms with Crippen molar-refractivity contribution < 1.29 is 31.8 Å². The summed E-state index contributed by atoms with van der Waals surface area (Å²) in [7, 11) is -4.14. The van der Waals surface area contributed by atoms with Crippen molar-refractivity contribution in [3.05, 3.63) is 165 Å². The van der Waals surface area contributed by atoms with Gasteiger partial charge in [0.1, 0.15) is 17.2 Å². The van der Waals surface area contributed by atoms with E-state index in [1.165, 1.54) is 48.5 Å². The Labute approximate surface area is 299 Å². The van der Waals surface area contributed by atoms with E-state index in [1.807, 2.05) is 55.5 Å². The first-order valence-electron chi connectivity index (χ1n) is 16.3. The number of halogens is 1. The molecule has 11 heteroatoms. The minimum absolute atomic E-state index is 0.0158. The molecule has 0 spiro atoms. The predicted octanol–water partition coefficient (Wildman–Crippen LogP) is 6.55. The topological polar surface area (TPSA) is 118 Å². The van der Waals surface area contributed by atoms with E-state index in [0.29, 0.717) is 0 Å². The summed E-state index contributed by atoms with van der Waals surface area (Å²) in [5.41, 5.74) is 4.88. The Morgan fingerprint density at radius 3 is 1.71 bits per heavy atom. The van der Waals surface area contributed by atoms with Crippen molar-refractivity contribution in [1.82, 2.24) is 10.0 Å². The number of benzene rings is 5. The first-order chi connectivity index (χ1) is 24.5. The van der Waals surface area contributed by atoms with Gasteiger partial charge in [-0.05, 0) is 77.7 Å². The Kier molecular flexibility index (Phi) is 7.88. The monoisotopic (exact) mass is 716 g/mol. The molecular weight excluding hydrogens is 688 g/mol. The summed E-state index contributed by atoms with van der Waals surface area (Å²) in [4.78, 5) is 57.2. The zero-order chi connectivity index (χ0) is 35.6. The SMILES string of the molecule is Cc1ccc(S(=O)(=O)Oc2ccc(C(=O)CN(C(=O)c3ccccc3Cl)N3C(=O)[C@@H]4C5c6ccccc6C(c6ccccc65)[C@H]4C3=O)cc2)cc1. The van der Waals surface area contributed by atoms with Crippen molar-refractivity contribution in [3.63, 3.8) is 0 Å². The van der Waals surface area contributed by atoms with Crippen LogP contribution in [-0.4, -0.2) is 48.5 Å². The number of amides is 3. The quantitative estimate of drug-likeness (QED) is 0.102. The molecule has 9 nitrogen and oxygen atoms in total. The molecule has 0 radical (unpaired) electrons. The maximum atomic E-state index is 14.5. The van der Waals surface area contributed by atoms with Crippen LogP contribution in [0.25, 0.3) is 0 Å². The number of hydrogen-bond donors (Lipinski definition) is 0. The molecule has 5 aromatic carbocycles. The summed E-state index contributed by atoms with van der Waals surface area (Å²) in [6, 6.07) is 33.4. The van der Waals surface area contributed by atoms with Crippen molar-refractivity contribution in [2.45, 2.75) is 23.7 Å². The molecule has 2 atom stereocenters. The molecule has 1 aliphatic heterocycles. The molecule has 1 heterocycles. The number of aryl methyl sites for hydroxylation is 1. The van der Waals surface area contributed by atoms with Crippen LogP contribution in [0.5, 0.6) is 5.75 Å². The van der Waals surface area contributed by atoms with Gasteiger partial charge in [0.15, 0.2) is 5.78 Å². The molecule has 1 saturated heterocycles. The third kappa shape index (κ3) is 5.33. The summed E-state index contributed by atoms with van der Waals surface area (Å²) in [6.45, 7) is 1.17. The average molecular weight is 717 g/mol. The van der Waals surface area contributed by atoms with Gasteiger partial charge in [-0.15, -0.1) is 0 Å². The van der Waals surface area contributed by atoms with E-state index in [0.717, 1.165) is 37.8 Å². The van der Waals surface area contributed by atoms with Crippen LogP contribution in [0.2, 0.25) is 5.02 Å². The van der Waals surface area contributed by atoms with Gasteiger partial charge >= 0.3 is 10.1 Å². The molecular formula is C40H29ClN2O7S. The van der Waals surface area contributed by atoms with Crippen molar-refractivity contribution in [2.75, 3.05) is 6.54 Å². The van der Waals surface area contributed by atoms with Gasteiger partial charge in [-0.3, -0.25) is 19.2 Å². The number of hydrazine groups is 1. The Morgan fingerprint density at radius 1 is 0.706 bits per heavy atom. The summed E-state index contributed by atoms with van der Waals surface area (Å²) >= 11 is 6.43. The minimum atomic E-state index is -4.14. The lowest BCUT2D eigenvalue weighted by Crippen LogP contribution is -2.52. The summed E-state index contributed by atoms with van der Waals surface area (Å²) in [5, 5.41) is 1.84. The highest BCUT2D eigenvalue weighted by Gasteiger charge is 2.63. The molecule has 51 heavy (non-hydrogen) atoms. The fourth-order valence-corrected chi connectivity index (χ4v) is 8.86. The number of imide groups is 1. The summed E-state index contributed by atoms with van der Waals surface area (Å²) < 4.78 is 30.9. The number of ketones is 1. The Hall–Kier alpha value is -5.58. The van der Waals surface area contributed by atoms with Crippen LogP contribution in [0.1, 0.15) is 60.4 Å². The second-order valence-corrected chi connectivity index (χ2v) is 14.8. The molecule has 3 amide bonds. The van der Waals surface area contributed by atoms with E-state index >= 15 is 0 Å². The van der Waals surface area contributed by atoms with E-state index in [2.05, 4.69) is 0 Å². The first-order valence-corrected chi connectivity index (χ1v) is 18.1. The second-order valence-electron chi connectivity index (χ2n) is 12.9. The van der Waals surface area contributed by atoms with Gasteiger partial charge in [-0.1, -0.05) is 90.0 Å². The molecule has 0 N–H and O–H groups in total. The smallest absolute Gasteiger partial charge is 0.339 e. The summed E-state index contributed by atoms with van der Waals surface area (Å²) in [6.07, 6.45) is 0. The Balaban J connectivity index is 1.12. The van der Waals surface area contributed by atoms with Gasteiger partial charge in [-0.25, -0.2) is 5.01 Å². The lowest BCUT2D eigenvalue weighted by atomic mass is 9.55. The van der Waals surface area contributed by atoms with E-state index in [9.17, 15) is 27.6 Å². The van der Waals surface area contributed by atoms with Crippen LogP contribution in [0, 0.1) is 18.8 Å². The lowest BCUT2D eigenvalue weighted by Gasteiger charge is -2.45. The lowest BCUT2D eigenvalue weighted by molar-refractivity contribution is -0.154. The average Bonchev–Trinajstić information content (AvgIpc) is 3.40. The van der Waals surface area contributed by atoms with Crippen LogP contribution >= 0.6 is 11.6 Å². The van der Waals surface area contributed by atoms with Gasteiger partial charge in [-0.2, -0.15) is 13.4 Å². The van der Waals surface area contributed by atoms with Gasteiger partial charge < -0.3 is 4.18 Å². The van der Waals surface area contributed by atoms with Crippen molar-refractivity contribution >= 4 is 45.2 Å².